The lowest BCUT2D eigenvalue weighted by Crippen LogP contribution is -2.27. The van der Waals surface area contributed by atoms with Gasteiger partial charge in [-0.2, -0.15) is 0 Å². The summed E-state index contributed by atoms with van der Waals surface area (Å²) in [5, 5.41) is 3.14. The van der Waals surface area contributed by atoms with Crippen molar-refractivity contribution in [3.05, 3.63) is 53.4 Å². The van der Waals surface area contributed by atoms with E-state index < -0.39 is 23.5 Å². The average molecular weight is 297 g/mol. The van der Waals surface area contributed by atoms with Crippen LogP contribution in [0.15, 0.2) is 24.5 Å². The number of benzene rings is 1. The second kappa shape index (κ2) is 6.76. The van der Waals surface area contributed by atoms with Crippen LogP contribution in [0.1, 0.15) is 37.7 Å². The predicted molar refractivity (Wildman–Crippen MR) is 74.4 cm³/mol. The van der Waals surface area contributed by atoms with Gasteiger partial charge in [0.1, 0.15) is 5.82 Å². The van der Waals surface area contributed by atoms with Crippen molar-refractivity contribution < 1.29 is 13.2 Å². The van der Waals surface area contributed by atoms with Crippen molar-refractivity contribution in [3.63, 3.8) is 0 Å². The van der Waals surface area contributed by atoms with E-state index in [1.807, 2.05) is 18.4 Å². The average Bonchev–Trinajstić information content (AvgIpc) is 2.95. The standard InChI is InChI=1S/C15H18F3N3/c1-3-7-19-14(15-20-8-9-21(15)4-2)10-5-6-11(16)13(18)12(10)17/h5-6,8-9,14,19H,3-4,7H2,1-2H3. The highest BCUT2D eigenvalue weighted by atomic mass is 19.2. The Balaban J connectivity index is 2.48. The highest BCUT2D eigenvalue weighted by Gasteiger charge is 2.24. The molecule has 3 nitrogen and oxygen atoms in total. The first kappa shape index (κ1) is 15.6. The van der Waals surface area contributed by atoms with E-state index in [2.05, 4.69) is 10.3 Å². The molecule has 0 spiro atoms. The normalized spacial score (nSPS) is 12.6. The minimum absolute atomic E-state index is 0.0586. The first-order valence-electron chi connectivity index (χ1n) is 6.97. The molecule has 2 rings (SSSR count). The number of hydrogen-bond donors (Lipinski definition) is 1. The summed E-state index contributed by atoms with van der Waals surface area (Å²) in [7, 11) is 0. The molecule has 1 aromatic heterocycles. The zero-order valence-corrected chi connectivity index (χ0v) is 12.0. The molecule has 1 heterocycles. The SMILES string of the molecule is CCCNC(c1ccc(F)c(F)c1F)c1nccn1CC. The molecule has 1 unspecified atom stereocenters. The number of nitrogens with zero attached hydrogens (tertiary/aromatic N) is 2. The summed E-state index contributed by atoms with van der Waals surface area (Å²) in [6.45, 7) is 5.17. The van der Waals surface area contributed by atoms with Gasteiger partial charge >= 0.3 is 0 Å². The Morgan fingerprint density at radius 3 is 2.62 bits per heavy atom. The Kier molecular flexibility index (Phi) is 5.01. The molecular formula is C15H18F3N3. The highest BCUT2D eigenvalue weighted by Crippen LogP contribution is 2.26. The number of aryl methyl sites for hydroxylation is 1. The fraction of sp³-hybridized carbons (Fsp3) is 0.400. The Morgan fingerprint density at radius 2 is 1.95 bits per heavy atom. The molecule has 2 aromatic rings. The van der Waals surface area contributed by atoms with Gasteiger partial charge in [-0.25, -0.2) is 18.2 Å². The second-order valence-electron chi connectivity index (χ2n) is 4.72. The number of hydrogen-bond acceptors (Lipinski definition) is 2. The maximum Gasteiger partial charge on any atom is 0.194 e. The molecule has 0 aliphatic carbocycles. The van der Waals surface area contributed by atoms with Crippen LogP contribution < -0.4 is 5.32 Å². The molecule has 0 amide bonds. The van der Waals surface area contributed by atoms with E-state index in [1.165, 1.54) is 6.07 Å². The Morgan fingerprint density at radius 1 is 1.19 bits per heavy atom. The Labute approximate surface area is 121 Å². The number of halogens is 3. The van der Waals surface area contributed by atoms with Crippen LogP contribution in [0.3, 0.4) is 0 Å². The van der Waals surface area contributed by atoms with Crippen LogP contribution in [0.2, 0.25) is 0 Å². The topological polar surface area (TPSA) is 29.9 Å². The van der Waals surface area contributed by atoms with E-state index in [0.29, 0.717) is 18.9 Å². The van der Waals surface area contributed by atoms with Gasteiger partial charge in [0, 0.05) is 24.5 Å². The molecule has 21 heavy (non-hydrogen) atoms. The number of imidazole rings is 1. The molecule has 0 fully saturated rings. The Hall–Kier alpha value is -1.82. The van der Waals surface area contributed by atoms with Crippen molar-refractivity contribution in [1.82, 2.24) is 14.9 Å². The van der Waals surface area contributed by atoms with Gasteiger partial charge in [0.25, 0.3) is 0 Å². The van der Waals surface area contributed by atoms with Crippen LogP contribution >= 0.6 is 0 Å². The molecule has 0 aliphatic heterocycles. The lowest BCUT2D eigenvalue weighted by atomic mass is 10.0. The summed E-state index contributed by atoms with van der Waals surface area (Å²) in [5.74, 6) is -3.24. The zero-order valence-electron chi connectivity index (χ0n) is 12.0. The van der Waals surface area contributed by atoms with Crippen LogP contribution in [-0.2, 0) is 6.54 Å². The molecule has 6 heteroatoms. The molecule has 0 radical (unpaired) electrons. The third-order valence-corrected chi connectivity index (χ3v) is 3.32. The molecule has 1 atom stereocenters. The van der Waals surface area contributed by atoms with Crippen molar-refractivity contribution in [2.75, 3.05) is 6.54 Å². The van der Waals surface area contributed by atoms with Crippen molar-refractivity contribution in [3.8, 4) is 0 Å². The summed E-state index contributed by atoms with van der Waals surface area (Å²) < 4.78 is 42.5. The molecular weight excluding hydrogens is 279 g/mol. The number of aromatic nitrogens is 2. The molecule has 0 saturated carbocycles. The van der Waals surface area contributed by atoms with E-state index in [-0.39, 0.29) is 5.56 Å². The van der Waals surface area contributed by atoms with E-state index in [1.54, 1.807) is 12.4 Å². The van der Waals surface area contributed by atoms with Crippen LogP contribution in [-0.4, -0.2) is 16.1 Å². The van der Waals surface area contributed by atoms with Gasteiger partial charge in [-0.15, -0.1) is 0 Å². The fourth-order valence-electron chi connectivity index (χ4n) is 2.24. The summed E-state index contributed by atoms with van der Waals surface area (Å²) in [6, 6.07) is 1.58. The number of rotatable bonds is 6. The van der Waals surface area contributed by atoms with Crippen molar-refractivity contribution in [1.29, 1.82) is 0 Å². The molecule has 0 saturated heterocycles. The third kappa shape index (κ3) is 3.10. The first-order chi connectivity index (χ1) is 10.1. The second-order valence-corrected chi connectivity index (χ2v) is 4.72. The van der Waals surface area contributed by atoms with Gasteiger partial charge in [0.2, 0.25) is 0 Å². The third-order valence-electron chi connectivity index (χ3n) is 3.32. The molecule has 114 valence electrons. The van der Waals surface area contributed by atoms with E-state index in [0.717, 1.165) is 12.5 Å². The summed E-state index contributed by atoms with van der Waals surface area (Å²) in [4.78, 5) is 4.23. The summed E-state index contributed by atoms with van der Waals surface area (Å²) >= 11 is 0. The van der Waals surface area contributed by atoms with Crippen molar-refractivity contribution in [2.24, 2.45) is 0 Å². The predicted octanol–water partition coefficient (Wildman–Crippen LogP) is 3.41. The highest BCUT2D eigenvalue weighted by molar-refractivity contribution is 5.28. The van der Waals surface area contributed by atoms with Gasteiger partial charge in [-0.05, 0) is 26.0 Å². The van der Waals surface area contributed by atoms with E-state index >= 15 is 0 Å². The summed E-state index contributed by atoms with van der Waals surface area (Å²) in [6.07, 6.45) is 4.21. The minimum Gasteiger partial charge on any atom is -0.334 e. The molecule has 1 aromatic carbocycles. The quantitative estimate of drug-likeness (QED) is 0.828. The van der Waals surface area contributed by atoms with Crippen LogP contribution in [0.25, 0.3) is 0 Å². The maximum absolute atomic E-state index is 14.1. The van der Waals surface area contributed by atoms with E-state index in [4.69, 9.17) is 0 Å². The van der Waals surface area contributed by atoms with Crippen molar-refractivity contribution in [2.45, 2.75) is 32.9 Å². The first-order valence-corrected chi connectivity index (χ1v) is 6.97. The van der Waals surface area contributed by atoms with Crippen LogP contribution in [0.4, 0.5) is 13.2 Å². The largest absolute Gasteiger partial charge is 0.334 e. The zero-order chi connectivity index (χ0) is 15.4. The number of nitrogens with one attached hydrogen (secondary N) is 1. The lowest BCUT2D eigenvalue weighted by Gasteiger charge is -2.20. The summed E-state index contributed by atoms with van der Waals surface area (Å²) in [5.41, 5.74) is 0.0586. The van der Waals surface area contributed by atoms with Gasteiger partial charge in [-0.3, -0.25) is 0 Å². The fourth-order valence-corrected chi connectivity index (χ4v) is 2.24. The van der Waals surface area contributed by atoms with E-state index in [9.17, 15) is 13.2 Å². The van der Waals surface area contributed by atoms with Gasteiger partial charge in [0.15, 0.2) is 17.5 Å². The monoisotopic (exact) mass is 297 g/mol. The smallest absolute Gasteiger partial charge is 0.194 e. The van der Waals surface area contributed by atoms with Crippen molar-refractivity contribution >= 4 is 0 Å². The van der Waals surface area contributed by atoms with Crippen LogP contribution in [0.5, 0.6) is 0 Å². The van der Waals surface area contributed by atoms with Gasteiger partial charge in [-0.1, -0.05) is 13.0 Å². The maximum atomic E-state index is 14.1. The van der Waals surface area contributed by atoms with Gasteiger partial charge in [0.05, 0.1) is 6.04 Å². The minimum atomic E-state index is -1.45. The molecule has 1 N–H and O–H groups in total. The Bertz CT molecular complexity index is 610. The molecule has 0 bridgehead atoms. The van der Waals surface area contributed by atoms with Crippen LogP contribution in [0, 0.1) is 17.5 Å². The molecule has 0 aliphatic rings. The van der Waals surface area contributed by atoms with Gasteiger partial charge < -0.3 is 9.88 Å². The lowest BCUT2D eigenvalue weighted by molar-refractivity contribution is 0.428.